The first-order chi connectivity index (χ1) is 9.08. The Hall–Kier alpha value is -1.17. The summed E-state index contributed by atoms with van der Waals surface area (Å²) in [6.07, 6.45) is 2.21. The van der Waals surface area contributed by atoms with E-state index in [1.165, 1.54) is 0 Å². The van der Waals surface area contributed by atoms with Gasteiger partial charge in [-0.05, 0) is 34.0 Å². The molecule has 1 aromatic carbocycles. The van der Waals surface area contributed by atoms with Crippen LogP contribution in [-0.2, 0) is 12.1 Å². The van der Waals surface area contributed by atoms with Crippen molar-refractivity contribution in [3.8, 4) is 0 Å². The van der Waals surface area contributed by atoms with Gasteiger partial charge in [0.1, 0.15) is 5.60 Å². The second-order valence-electron chi connectivity index (χ2n) is 4.92. The molecule has 0 amide bonds. The molecule has 100 valence electrons. The van der Waals surface area contributed by atoms with E-state index in [-0.39, 0.29) is 6.04 Å². The summed E-state index contributed by atoms with van der Waals surface area (Å²) < 4.78 is 2.64. The number of aliphatic hydroxyl groups is 1. The number of hydrogen-bond donors (Lipinski definition) is 2. The maximum absolute atomic E-state index is 11.2. The summed E-state index contributed by atoms with van der Waals surface area (Å²) in [4.78, 5) is 0. The lowest BCUT2D eigenvalue weighted by molar-refractivity contribution is 0.0671. The number of rotatable bonds is 2. The van der Waals surface area contributed by atoms with Crippen molar-refractivity contribution in [2.24, 2.45) is 5.73 Å². The summed E-state index contributed by atoms with van der Waals surface area (Å²) in [6.45, 7) is 2.72. The molecule has 0 fully saturated rings. The van der Waals surface area contributed by atoms with Gasteiger partial charge < -0.3 is 10.8 Å². The molecule has 19 heavy (non-hydrogen) atoms. The van der Waals surface area contributed by atoms with Gasteiger partial charge in [-0.25, -0.2) is 0 Å². The molecular weight excluding hydrogens is 306 g/mol. The maximum atomic E-state index is 11.2. The van der Waals surface area contributed by atoms with E-state index in [2.05, 4.69) is 21.0 Å². The number of hydrogen-bond acceptors (Lipinski definition) is 3. The molecule has 1 aromatic heterocycles. The van der Waals surface area contributed by atoms with Crippen molar-refractivity contribution in [1.29, 1.82) is 0 Å². The van der Waals surface area contributed by atoms with E-state index < -0.39 is 5.60 Å². The molecule has 3 N–H and O–H groups in total. The minimum absolute atomic E-state index is 0.145. The topological polar surface area (TPSA) is 64.1 Å². The maximum Gasteiger partial charge on any atom is 0.134 e. The molecule has 1 aliphatic carbocycles. The predicted molar refractivity (Wildman–Crippen MR) is 76.6 cm³/mol. The van der Waals surface area contributed by atoms with Crippen LogP contribution in [-0.4, -0.2) is 14.9 Å². The van der Waals surface area contributed by atoms with Gasteiger partial charge in [-0.3, -0.25) is 4.68 Å². The molecule has 2 unspecified atom stereocenters. The molecule has 3 rings (SSSR count). The Bertz CT molecular complexity index is 625. The van der Waals surface area contributed by atoms with Crippen molar-refractivity contribution in [2.75, 3.05) is 0 Å². The summed E-state index contributed by atoms with van der Waals surface area (Å²) in [5, 5.41) is 15.5. The Morgan fingerprint density at radius 1 is 1.53 bits per heavy atom. The molecule has 0 aliphatic heterocycles. The fourth-order valence-electron chi connectivity index (χ4n) is 2.97. The molecule has 1 heterocycles. The highest BCUT2D eigenvalue weighted by molar-refractivity contribution is 9.10. The van der Waals surface area contributed by atoms with Crippen LogP contribution in [0.5, 0.6) is 0 Å². The van der Waals surface area contributed by atoms with Crippen molar-refractivity contribution in [2.45, 2.75) is 31.5 Å². The lowest BCUT2D eigenvalue weighted by atomic mass is 9.92. The van der Waals surface area contributed by atoms with E-state index >= 15 is 0 Å². The third-order valence-electron chi connectivity index (χ3n) is 3.81. The fourth-order valence-corrected chi connectivity index (χ4v) is 3.60. The molecule has 2 atom stereocenters. The Balaban J connectivity index is 2.23. The molecule has 0 bridgehead atoms. The van der Waals surface area contributed by atoms with Gasteiger partial charge in [0.15, 0.2) is 0 Å². The van der Waals surface area contributed by atoms with Crippen LogP contribution in [0.15, 0.2) is 34.9 Å². The Labute approximate surface area is 120 Å². The molecule has 0 spiro atoms. The Kier molecular flexibility index (Phi) is 3.00. The van der Waals surface area contributed by atoms with E-state index in [9.17, 15) is 5.11 Å². The summed E-state index contributed by atoms with van der Waals surface area (Å²) in [5.41, 5.74) is 7.79. The highest BCUT2D eigenvalue weighted by atomic mass is 79.9. The summed E-state index contributed by atoms with van der Waals surface area (Å²) in [6, 6.07) is 7.67. The number of nitrogens with zero attached hydrogens (tertiary/aromatic N) is 2. The molecular formula is C14H16BrN3O. The van der Waals surface area contributed by atoms with E-state index in [1.807, 2.05) is 35.9 Å². The first-order valence-electron chi connectivity index (χ1n) is 6.37. The number of halogens is 1. The minimum Gasteiger partial charge on any atom is -0.379 e. The Morgan fingerprint density at radius 3 is 3.00 bits per heavy atom. The molecule has 4 nitrogen and oxygen atoms in total. The van der Waals surface area contributed by atoms with E-state index in [0.717, 1.165) is 21.3 Å². The van der Waals surface area contributed by atoms with Gasteiger partial charge in [0.05, 0.1) is 16.4 Å². The monoisotopic (exact) mass is 321 g/mol. The zero-order chi connectivity index (χ0) is 13.6. The SMILES string of the molecule is CCn1ncc(Br)c1C1(O)CC(N)c2ccccc21. The third-order valence-corrected chi connectivity index (χ3v) is 4.39. The van der Waals surface area contributed by atoms with Crippen molar-refractivity contribution < 1.29 is 5.11 Å². The van der Waals surface area contributed by atoms with Crippen LogP contribution in [0.2, 0.25) is 0 Å². The average molecular weight is 322 g/mol. The van der Waals surface area contributed by atoms with Crippen molar-refractivity contribution in [3.63, 3.8) is 0 Å². The molecule has 2 aromatic rings. The van der Waals surface area contributed by atoms with Gasteiger partial charge in [0, 0.05) is 19.0 Å². The van der Waals surface area contributed by atoms with Crippen LogP contribution in [0, 0.1) is 0 Å². The molecule has 0 saturated carbocycles. The fraction of sp³-hybridized carbons (Fsp3) is 0.357. The number of aromatic nitrogens is 2. The molecule has 0 saturated heterocycles. The minimum atomic E-state index is -1.07. The van der Waals surface area contributed by atoms with Crippen LogP contribution < -0.4 is 5.73 Å². The van der Waals surface area contributed by atoms with E-state index in [0.29, 0.717) is 13.0 Å². The van der Waals surface area contributed by atoms with Gasteiger partial charge in [-0.1, -0.05) is 24.3 Å². The zero-order valence-electron chi connectivity index (χ0n) is 10.7. The number of nitrogens with two attached hydrogens (primary N) is 1. The highest BCUT2D eigenvalue weighted by Gasteiger charge is 2.45. The highest BCUT2D eigenvalue weighted by Crippen LogP contribution is 2.47. The van der Waals surface area contributed by atoms with Crippen molar-refractivity contribution in [1.82, 2.24) is 9.78 Å². The predicted octanol–water partition coefficient (Wildman–Crippen LogP) is 2.30. The first-order valence-corrected chi connectivity index (χ1v) is 7.16. The number of aryl methyl sites for hydroxylation is 1. The summed E-state index contributed by atoms with van der Waals surface area (Å²) in [5.74, 6) is 0. The lowest BCUT2D eigenvalue weighted by Gasteiger charge is -2.25. The summed E-state index contributed by atoms with van der Waals surface area (Å²) in [7, 11) is 0. The van der Waals surface area contributed by atoms with Crippen molar-refractivity contribution in [3.05, 3.63) is 51.8 Å². The van der Waals surface area contributed by atoms with Crippen LogP contribution in [0.4, 0.5) is 0 Å². The third kappa shape index (κ3) is 1.76. The van der Waals surface area contributed by atoms with Crippen LogP contribution in [0.3, 0.4) is 0 Å². The molecule has 5 heteroatoms. The van der Waals surface area contributed by atoms with Crippen LogP contribution in [0.1, 0.15) is 36.2 Å². The second kappa shape index (κ2) is 4.44. The normalized spacial score (nSPS) is 25.6. The van der Waals surface area contributed by atoms with Crippen LogP contribution in [0.25, 0.3) is 0 Å². The lowest BCUT2D eigenvalue weighted by Crippen LogP contribution is -2.29. The van der Waals surface area contributed by atoms with Gasteiger partial charge in [-0.2, -0.15) is 5.10 Å². The molecule has 1 aliphatic rings. The number of fused-ring (bicyclic) bond motifs is 1. The standard InChI is InChI=1S/C14H16BrN3O/c1-2-18-13(11(15)8-17-18)14(19)7-12(16)9-5-3-4-6-10(9)14/h3-6,8,12,19H,2,7,16H2,1H3. The van der Waals surface area contributed by atoms with E-state index in [4.69, 9.17) is 5.73 Å². The van der Waals surface area contributed by atoms with Gasteiger partial charge in [0.25, 0.3) is 0 Å². The van der Waals surface area contributed by atoms with Gasteiger partial charge >= 0.3 is 0 Å². The second-order valence-corrected chi connectivity index (χ2v) is 5.77. The summed E-state index contributed by atoms with van der Waals surface area (Å²) >= 11 is 3.49. The zero-order valence-corrected chi connectivity index (χ0v) is 12.3. The Morgan fingerprint density at radius 2 is 2.26 bits per heavy atom. The largest absolute Gasteiger partial charge is 0.379 e. The van der Waals surface area contributed by atoms with Crippen molar-refractivity contribution >= 4 is 15.9 Å². The smallest absolute Gasteiger partial charge is 0.134 e. The quantitative estimate of drug-likeness (QED) is 0.892. The average Bonchev–Trinajstić information content (AvgIpc) is 2.90. The van der Waals surface area contributed by atoms with E-state index in [1.54, 1.807) is 6.20 Å². The van der Waals surface area contributed by atoms with Gasteiger partial charge in [0.2, 0.25) is 0 Å². The first kappa shape index (κ1) is 12.8. The number of benzene rings is 1. The molecule has 0 radical (unpaired) electrons. The van der Waals surface area contributed by atoms with Gasteiger partial charge in [-0.15, -0.1) is 0 Å². The van der Waals surface area contributed by atoms with Crippen LogP contribution >= 0.6 is 15.9 Å².